The molecule has 0 aromatic rings. The second kappa shape index (κ2) is 662. The van der Waals surface area contributed by atoms with Crippen LogP contribution < -0.4 is 0 Å². The Morgan fingerprint density at radius 3 is 0.333 bits per heavy atom. The zero-order chi connectivity index (χ0) is 2.00. The maximum atomic E-state index is 6.00. The van der Waals surface area contributed by atoms with E-state index < -0.39 is 0 Å². The van der Waals surface area contributed by atoms with E-state index >= 15 is 0 Å². The first-order valence-electron chi connectivity index (χ1n) is 0.200. The third kappa shape index (κ3) is 509. The predicted octanol–water partition coefficient (Wildman–Crippen LogP) is -7.88. The summed E-state index contributed by atoms with van der Waals surface area (Å²) >= 11 is 0. The molecule has 10 nitrogen and oxygen atoms in total. The van der Waals surface area contributed by atoms with Crippen molar-refractivity contribution < 1.29 is 54.3 Å². The summed E-state index contributed by atoms with van der Waals surface area (Å²) in [4.78, 5) is 0. The van der Waals surface area contributed by atoms with Crippen LogP contribution in [0.15, 0.2) is 0 Å². The molecule has 18 N–H and O–H groups in total. The molecule has 0 heterocycles. The summed E-state index contributed by atoms with van der Waals surface area (Å²) in [6, 6.07) is 0. The molecule has 82 valence electrons. The molecule has 0 aliphatic carbocycles. The van der Waals surface area contributed by atoms with Gasteiger partial charge in [0.1, 0.15) is 0 Å². The van der Waals surface area contributed by atoms with Crippen molar-refractivity contribution >= 4 is 59.1 Å². The SMILES string of the molecule is O.O.O.O.O.O.O.O.OO.[NaH].[NaH]. The Hall–Kier alpha value is 1.60. The van der Waals surface area contributed by atoms with Gasteiger partial charge in [-0.1, -0.05) is 0 Å². The van der Waals surface area contributed by atoms with Crippen LogP contribution in [-0.2, 0) is 0 Å². The summed E-state index contributed by atoms with van der Waals surface area (Å²) in [5.41, 5.74) is 0. The molecular weight excluding hydrogens is 206 g/mol. The van der Waals surface area contributed by atoms with E-state index in [0.717, 1.165) is 0 Å². The minimum absolute atomic E-state index is 0. The summed E-state index contributed by atoms with van der Waals surface area (Å²) in [7, 11) is 0. The van der Waals surface area contributed by atoms with Gasteiger partial charge in [-0.3, -0.25) is 10.5 Å². The minimum atomic E-state index is 0. The zero-order valence-electron chi connectivity index (χ0n) is 4.89. The first-order valence-corrected chi connectivity index (χ1v) is 0.200. The second-order valence-corrected chi connectivity index (χ2v) is 0. The summed E-state index contributed by atoms with van der Waals surface area (Å²) in [5, 5.41) is 12.0. The number of rotatable bonds is 0. The molecule has 0 unspecified atom stereocenters. The fraction of sp³-hybridized carbons (Fsp3) is 0. The van der Waals surface area contributed by atoms with E-state index in [2.05, 4.69) is 0 Å². The van der Waals surface area contributed by atoms with E-state index in [9.17, 15) is 0 Å². The Kier molecular flexibility index (Phi) is 17600. The maximum absolute atomic E-state index is 6.00. The molecular formula is H20Na2O10. The van der Waals surface area contributed by atoms with Crippen LogP contribution in [0.1, 0.15) is 0 Å². The molecule has 0 aromatic carbocycles. The van der Waals surface area contributed by atoms with Gasteiger partial charge in [0.2, 0.25) is 0 Å². The standard InChI is InChI=1S/2Na.H2O2.8H2O.2H/c;;1-2;;;;;;;;;;/h;;1-2H;8*1H2;;. The average Bonchev–Trinajstić information content (AvgIpc) is 1.00. The van der Waals surface area contributed by atoms with Crippen molar-refractivity contribution in [3.05, 3.63) is 0 Å². The normalized spacial score (nSPS) is 0.500. The van der Waals surface area contributed by atoms with E-state index in [1.54, 1.807) is 0 Å². The molecule has 0 atom stereocenters. The fourth-order valence-corrected chi connectivity index (χ4v) is 0. The van der Waals surface area contributed by atoms with E-state index in [1.165, 1.54) is 0 Å². The Morgan fingerprint density at radius 1 is 0.333 bits per heavy atom. The van der Waals surface area contributed by atoms with Crippen LogP contribution in [0.4, 0.5) is 0 Å². The van der Waals surface area contributed by atoms with E-state index in [-0.39, 0.29) is 103 Å². The summed E-state index contributed by atoms with van der Waals surface area (Å²) < 4.78 is 0. The van der Waals surface area contributed by atoms with Crippen molar-refractivity contribution in [1.29, 1.82) is 0 Å². The van der Waals surface area contributed by atoms with Crippen LogP contribution in [0.5, 0.6) is 0 Å². The van der Waals surface area contributed by atoms with E-state index in [0.29, 0.717) is 0 Å². The van der Waals surface area contributed by atoms with Gasteiger partial charge in [-0.25, -0.2) is 0 Å². The third-order valence-corrected chi connectivity index (χ3v) is 0. The van der Waals surface area contributed by atoms with Crippen LogP contribution in [0.3, 0.4) is 0 Å². The first kappa shape index (κ1) is 319. The summed E-state index contributed by atoms with van der Waals surface area (Å²) in [6.45, 7) is 0. The molecule has 12 heteroatoms. The van der Waals surface area contributed by atoms with Crippen molar-refractivity contribution in [2.45, 2.75) is 0 Å². The van der Waals surface area contributed by atoms with Crippen molar-refractivity contribution in [3.8, 4) is 0 Å². The van der Waals surface area contributed by atoms with Gasteiger partial charge in [-0.05, 0) is 0 Å². The molecule has 0 bridgehead atoms. The molecule has 0 aliphatic heterocycles. The van der Waals surface area contributed by atoms with E-state index in [1.807, 2.05) is 0 Å². The molecule has 0 aromatic heterocycles. The monoisotopic (exact) mass is 226 g/mol. The van der Waals surface area contributed by atoms with Gasteiger partial charge in [0.05, 0.1) is 0 Å². The van der Waals surface area contributed by atoms with Gasteiger partial charge in [0.15, 0.2) is 0 Å². The van der Waals surface area contributed by atoms with Crippen LogP contribution in [-0.4, -0.2) is 113 Å². The van der Waals surface area contributed by atoms with Crippen LogP contribution in [0, 0.1) is 0 Å². The van der Waals surface area contributed by atoms with Crippen molar-refractivity contribution in [2.75, 3.05) is 0 Å². The number of hydrogen-bond donors (Lipinski definition) is 2. The summed E-state index contributed by atoms with van der Waals surface area (Å²) in [5.74, 6) is 0. The van der Waals surface area contributed by atoms with Crippen LogP contribution in [0.2, 0.25) is 0 Å². The van der Waals surface area contributed by atoms with Gasteiger partial charge in [0.25, 0.3) is 0 Å². The topological polar surface area (TPSA) is 292 Å². The number of hydrogen-bond acceptors (Lipinski definition) is 2. The van der Waals surface area contributed by atoms with Gasteiger partial charge in [0, 0.05) is 0 Å². The Morgan fingerprint density at radius 2 is 0.333 bits per heavy atom. The average molecular weight is 226 g/mol. The van der Waals surface area contributed by atoms with Gasteiger partial charge in [-0.2, -0.15) is 0 Å². The molecule has 0 radical (unpaired) electrons. The predicted molar refractivity (Wildman–Crippen MR) is 48.5 cm³/mol. The van der Waals surface area contributed by atoms with Crippen molar-refractivity contribution in [2.24, 2.45) is 0 Å². The van der Waals surface area contributed by atoms with Crippen molar-refractivity contribution in [3.63, 3.8) is 0 Å². The van der Waals surface area contributed by atoms with Crippen LogP contribution >= 0.6 is 0 Å². The fourth-order valence-electron chi connectivity index (χ4n) is 0. The first-order chi connectivity index (χ1) is 1.00. The molecule has 0 fully saturated rings. The molecule has 0 amide bonds. The second-order valence-electron chi connectivity index (χ2n) is 0. The zero-order valence-corrected chi connectivity index (χ0v) is 4.89. The van der Waals surface area contributed by atoms with E-state index in [4.69, 9.17) is 10.5 Å². The molecule has 0 saturated heterocycles. The molecule has 0 rings (SSSR count). The van der Waals surface area contributed by atoms with Crippen LogP contribution in [0.25, 0.3) is 0 Å². The molecule has 0 spiro atoms. The van der Waals surface area contributed by atoms with Gasteiger partial charge >= 0.3 is 59.1 Å². The molecule has 0 aliphatic rings. The van der Waals surface area contributed by atoms with Gasteiger partial charge in [-0.15, -0.1) is 0 Å². The van der Waals surface area contributed by atoms with Gasteiger partial charge < -0.3 is 43.8 Å². The Labute approximate surface area is 113 Å². The molecule has 12 heavy (non-hydrogen) atoms. The molecule has 0 saturated carbocycles. The Balaban J connectivity index is -0.000000000111. The van der Waals surface area contributed by atoms with Crippen molar-refractivity contribution in [1.82, 2.24) is 0 Å². The third-order valence-electron chi connectivity index (χ3n) is 0. The quantitative estimate of drug-likeness (QED) is 0.230. The summed E-state index contributed by atoms with van der Waals surface area (Å²) in [6.07, 6.45) is 0. The Bertz CT molecular complexity index is 7.80.